The number of hydrogen-bond donors (Lipinski definition) is 2. The van der Waals surface area contributed by atoms with E-state index >= 15 is 0 Å². The average molecular weight is 392 g/mol. The van der Waals surface area contributed by atoms with Crippen LogP contribution in [0.25, 0.3) is 0 Å². The van der Waals surface area contributed by atoms with Gasteiger partial charge in [0.15, 0.2) is 5.96 Å². The number of nitrogens with one attached hydrogen (secondary N) is 2. The molecule has 0 saturated carbocycles. The lowest BCUT2D eigenvalue weighted by atomic mass is 10.1. The lowest BCUT2D eigenvalue weighted by molar-refractivity contribution is 0.411. The summed E-state index contributed by atoms with van der Waals surface area (Å²) in [5.41, 5.74) is 4.70. The Morgan fingerprint density at radius 1 is 1.10 bits per heavy atom. The third-order valence-corrected chi connectivity index (χ3v) is 4.69. The number of aliphatic imine (C=N–C) groups is 1. The zero-order valence-electron chi connectivity index (χ0n) is 17.4. The van der Waals surface area contributed by atoms with Crippen LogP contribution in [0.15, 0.2) is 65.9 Å². The fraction of sp³-hybridized carbons (Fsp3) is 0.304. The van der Waals surface area contributed by atoms with Gasteiger partial charge >= 0.3 is 0 Å². The SMILES string of the molecule is CCNC(=NCc1ccc(C)c(OC)c1)NCc1ccccc1Cn1cccn1. The van der Waals surface area contributed by atoms with Crippen molar-refractivity contribution in [3.63, 3.8) is 0 Å². The Balaban J connectivity index is 1.67. The highest BCUT2D eigenvalue weighted by molar-refractivity contribution is 5.79. The van der Waals surface area contributed by atoms with Gasteiger partial charge in [-0.25, -0.2) is 4.99 Å². The number of rotatable bonds is 8. The zero-order chi connectivity index (χ0) is 20.5. The smallest absolute Gasteiger partial charge is 0.191 e. The highest BCUT2D eigenvalue weighted by atomic mass is 16.5. The molecule has 0 saturated heterocycles. The molecule has 2 N–H and O–H groups in total. The van der Waals surface area contributed by atoms with Gasteiger partial charge in [-0.1, -0.05) is 36.4 Å². The third-order valence-electron chi connectivity index (χ3n) is 4.69. The molecule has 0 bridgehead atoms. The van der Waals surface area contributed by atoms with Crippen LogP contribution in [0.5, 0.6) is 5.75 Å². The molecule has 0 amide bonds. The summed E-state index contributed by atoms with van der Waals surface area (Å²) >= 11 is 0. The van der Waals surface area contributed by atoms with Gasteiger partial charge < -0.3 is 15.4 Å². The maximum atomic E-state index is 5.41. The molecule has 1 heterocycles. The number of benzene rings is 2. The van der Waals surface area contributed by atoms with Crippen molar-refractivity contribution in [1.29, 1.82) is 0 Å². The van der Waals surface area contributed by atoms with Gasteiger partial charge in [0.1, 0.15) is 5.75 Å². The first-order valence-electron chi connectivity index (χ1n) is 9.89. The van der Waals surface area contributed by atoms with Gasteiger partial charge in [0.25, 0.3) is 0 Å². The first-order chi connectivity index (χ1) is 14.2. The molecular weight excluding hydrogens is 362 g/mol. The maximum absolute atomic E-state index is 5.41. The van der Waals surface area contributed by atoms with Crippen molar-refractivity contribution in [3.05, 3.63) is 83.2 Å². The minimum absolute atomic E-state index is 0.584. The monoisotopic (exact) mass is 391 g/mol. The van der Waals surface area contributed by atoms with Gasteiger partial charge in [-0.2, -0.15) is 5.10 Å². The molecular formula is C23H29N5O. The van der Waals surface area contributed by atoms with Crippen LogP contribution in [0.1, 0.15) is 29.2 Å². The van der Waals surface area contributed by atoms with E-state index in [2.05, 4.69) is 59.1 Å². The Bertz CT molecular complexity index is 934. The summed E-state index contributed by atoms with van der Waals surface area (Å²) in [5.74, 6) is 1.68. The van der Waals surface area contributed by atoms with Gasteiger partial charge in [0.05, 0.1) is 20.2 Å². The maximum Gasteiger partial charge on any atom is 0.191 e. The summed E-state index contributed by atoms with van der Waals surface area (Å²) < 4.78 is 7.35. The minimum atomic E-state index is 0.584. The Morgan fingerprint density at radius 3 is 2.66 bits per heavy atom. The fourth-order valence-electron chi connectivity index (χ4n) is 3.11. The summed E-state index contributed by atoms with van der Waals surface area (Å²) in [5, 5.41) is 11.1. The quantitative estimate of drug-likeness (QED) is 0.456. The first kappa shape index (κ1) is 20.5. The molecule has 0 aliphatic heterocycles. The Morgan fingerprint density at radius 2 is 1.93 bits per heavy atom. The van der Waals surface area contributed by atoms with Crippen molar-refractivity contribution in [1.82, 2.24) is 20.4 Å². The molecule has 0 aliphatic carbocycles. The molecule has 3 rings (SSSR count). The molecule has 0 spiro atoms. The van der Waals surface area contributed by atoms with Gasteiger partial charge in [-0.05, 0) is 48.2 Å². The van der Waals surface area contributed by atoms with E-state index in [1.165, 1.54) is 11.1 Å². The molecule has 2 aromatic carbocycles. The van der Waals surface area contributed by atoms with Crippen LogP contribution in [0, 0.1) is 6.92 Å². The number of hydrogen-bond acceptors (Lipinski definition) is 3. The van der Waals surface area contributed by atoms with E-state index in [0.29, 0.717) is 13.1 Å². The van der Waals surface area contributed by atoms with E-state index in [4.69, 9.17) is 9.73 Å². The zero-order valence-corrected chi connectivity index (χ0v) is 17.4. The van der Waals surface area contributed by atoms with Crippen LogP contribution in [0.2, 0.25) is 0 Å². The average Bonchev–Trinajstić information content (AvgIpc) is 3.25. The minimum Gasteiger partial charge on any atom is -0.496 e. The second-order valence-corrected chi connectivity index (χ2v) is 6.83. The van der Waals surface area contributed by atoms with Crippen molar-refractivity contribution in [2.45, 2.75) is 33.5 Å². The number of methoxy groups -OCH3 is 1. The van der Waals surface area contributed by atoms with Crippen LogP contribution >= 0.6 is 0 Å². The summed E-state index contributed by atoms with van der Waals surface area (Å²) in [4.78, 5) is 4.73. The second-order valence-electron chi connectivity index (χ2n) is 6.83. The second kappa shape index (κ2) is 10.3. The Kier molecular flexibility index (Phi) is 7.28. The van der Waals surface area contributed by atoms with Crippen LogP contribution in [0.3, 0.4) is 0 Å². The number of nitrogens with zero attached hydrogens (tertiary/aromatic N) is 3. The highest BCUT2D eigenvalue weighted by Crippen LogP contribution is 2.19. The molecule has 0 fully saturated rings. The number of ether oxygens (including phenoxy) is 1. The van der Waals surface area contributed by atoms with E-state index in [9.17, 15) is 0 Å². The highest BCUT2D eigenvalue weighted by Gasteiger charge is 2.05. The summed E-state index contributed by atoms with van der Waals surface area (Å²) in [6, 6.07) is 16.5. The fourth-order valence-corrected chi connectivity index (χ4v) is 3.11. The summed E-state index contributed by atoms with van der Waals surface area (Å²) in [6.07, 6.45) is 3.78. The largest absolute Gasteiger partial charge is 0.496 e. The molecule has 0 aliphatic rings. The van der Waals surface area contributed by atoms with Crippen molar-refractivity contribution < 1.29 is 4.74 Å². The number of aryl methyl sites for hydroxylation is 1. The van der Waals surface area contributed by atoms with Crippen molar-refractivity contribution in [2.75, 3.05) is 13.7 Å². The van der Waals surface area contributed by atoms with Gasteiger partial charge in [-0.15, -0.1) is 0 Å². The van der Waals surface area contributed by atoms with Crippen molar-refractivity contribution in [3.8, 4) is 5.75 Å². The first-order valence-corrected chi connectivity index (χ1v) is 9.89. The van der Waals surface area contributed by atoms with E-state index in [1.54, 1.807) is 13.3 Å². The van der Waals surface area contributed by atoms with Gasteiger partial charge in [-0.3, -0.25) is 4.68 Å². The van der Waals surface area contributed by atoms with Crippen molar-refractivity contribution in [2.24, 2.45) is 4.99 Å². The van der Waals surface area contributed by atoms with Gasteiger partial charge in [0.2, 0.25) is 0 Å². The van der Waals surface area contributed by atoms with E-state index in [0.717, 1.165) is 35.9 Å². The normalized spacial score (nSPS) is 11.3. The van der Waals surface area contributed by atoms with Gasteiger partial charge in [0, 0.05) is 25.5 Å². The summed E-state index contributed by atoms with van der Waals surface area (Å²) in [6.45, 7) is 6.94. The lowest BCUT2D eigenvalue weighted by Gasteiger charge is -2.14. The van der Waals surface area contributed by atoms with E-state index < -0.39 is 0 Å². The summed E-state index contributed by atoms with van der Waals surface area (Å²) in [7, 11) is 1.70. The third kappa shape index (κ3) is 5.85. The van der Waals surface area contributed by atoms with Crippen LogP contribution in [-0.4, -0.2) is 29.4 Å². The molecule has 0 radical (unpaired) electrons. The van der Waals surface area contributed by atoms with Crippen LogP contribution in [-0.2, 0) is 19.6 Å². The molecule has 0 atom stereocenters. The molecule has 6 heteroatoms. The van der Waals surface area contributed by atoms with E-state index in [-0.39, 0.29) is 0 Å². The molecule has 1 aromatic heterocycles. The molecule has 6 nitrogen and oxygen atoms in total. The van der Waals surface area contributed by atoms with E-state index in [1.807, 2.05) is 29.9 Å². The number of guanidine groups is 1. The predicted molar refractivity (Wildman–Crippen MR) is 117 cm³/mol. The Hall–Kier alpha value is -3.28. The Labute approximate surface area is 172 Å². The van der Waals surface area contributed by atoms with Crippen molar-refractivity contribution >= 4 is 5.96 Å². The molecule has 29 heavy (non-hydrogen) atoms. The molecule has 3 aromatic rings. The lowest BCUT2D eigenvalue weighted by Crippen LogP contribution is -2.37. The number of aromatic nitrogens is 2. The topological polar surface area (TPSA) is 63.5 Å². The van der Waals surface area contributed by atoms with Crippen LogP contribution in [0.4, 0.5) is 0 Å². The molecule has 0 unspecified atom stereocenters. The standard InChI is InChI=1S/C23H29N5O/c1-4-24-23(25-15-19-11-10-18(2)22(14-19)29-3)26-16-20-8-5-6-9-21(20)17-28-13-7-12-27-28/h5-14H,4,15-17H2,1-3H3,(H2,24,25,26). The van der Waals surface area contributed by atoms with Crippen LogP contribution < -0.4 is 15.4 Å². The predicted octanol–water partition coefficient (Wildman–Crippen LogP) is 3.50. The molecule has 152 valence electrons.